The minimum absolute atomic E-state index is 0.114. The molecule has 0 aromatic heterocycles. The first-order valence-electron chi connectivity index (χ1n) is 10.8. The summed E-state index contributed by atoms with van der Waals surface area (Å²) in [6.07, 6.45) is 0. The second-order valence-corrected chi connectivity index (χ2v) is 8.15. The standard InChI is InChI=1S/C27H31N3O2/c1-19-12-11-17-24(20(19)2)28-25(31)18-30(4)21(3)27(32)29-26(22-13-7-5-8-14-22)23-15-9-6-10-16-23/h5-17,21,26H,18H2,1-4H3,(H,28,31)(H,29,32)/t21-/m1/s1. The van der Waals surface area contributed by atoms with Crippen molar-refractivity contribution < 1.29 is 9.59 Å². The monoisotopic (exact) mass is 429 g/mol. The van der Waals surface area contributed by atoms with E-state index in [2.05, 4.69) is 10.6 Å². The molecule has 1 atom stereocenters. The molecule has 0 aliphatic heterocycles. The van der Waals surface area contributed by atoms with E-state index in [9.17, 15) is 9.59 Å². The number of nitrogens with zero attached hydrogens (tertiary/aromatic N) is 1. The number of nitrogens with one attached hydrogen (secondary N) is 2. The fourth-order valence-electron chi connectivity index (χ4n) is 3.55. The summed E-state index contributed by atoms with van der Waals surface area (Å²) in [5, 5.41) is 6.11. The molecule has 0 aliphatic carbocycles. The molecule has 5 nitrogen and oxygen atoms in total. The molecule has 0 saturated heterocycles. The van der Waals surface area contributed by atoms with Crippen molar-refractivity contribution in [3.8, 4) is 0 Å². The summed E-state index contributed by atoms with van der Waals surface area (Å²) in [5.41, 5.74) is 4.98. The van der Waals surface area contributed by atoms with Gasteiger partial charge in [0.25, 0.3) is 0 Å². The van der Waals surface area contributed by atoms with Crippen LogP contribution in [0.15, 0.2) is 78.9 Å². The van der Waals surface area contributed by atoms with Gasteiger partial charge in [0, 0.05) is 5.69 Å². The molecule has 3 rings (SSSR count). The fraction of sp³-hybridized carbons (Fsp3) is 0.259. The molecule has 0 saturated carbocycles. The zero-order valence-corrected chi connectivity index (χ0v) is 19.1. The molecule has 166 valence electrons. The fourth-order valence-corrected chi connectivity index (χ4v) is 3.55. The van der Waals surface area contributed by atoms with Crippen LogP contribution in [0.3, 0.4) is 0 Å². The Morgan fingerprint density at radius 3 is 1.97 bits per heavy atom. The molecule has 3 aromatic rings. The lowest BCUT2D eigenvalue weighted by Gasteiger charge is -2.27. The maximum atomic E-state index is 13.1. The van der Waals surface area contributed by atoms with Crippen molar-refractivity contribution in [2.45, 2.75) is 32.9 Å². The largest absolute Gasteiger partial charge is 0.344 e. The third-order valence-electron chi connectivity index (χ3n) is 5.86. The number of benzene rings is 3. The molecule has 32 heavy (non-hydrogen) atoms. The van der Waals surface area contributed by atoms with Gasteiger partial charge in [-0.2, -0.15) is 0 Å². The Hall–Kier alpha value is -3.44. The van der Waals surface area contributed by atoms with E-state index in [0.29, 0.717) is 0 Å². The molecular formula is C27H31N3O2. The van der Waals surface area contributed by atoms with Crippen LogP contribution >= 0.6 is 0 Å². The summed E-state index contributed by atoms with van der Waals surface area (Å²) in [6.45, 7) is 5.92. The van der Waals surface area contributed by atoms with Gasteiger partial charge >= 0.3 is 0 Å². The lowest BCUT2D eigenvalue weighted by atomic mass is 9.98. The molecule has 0 aliphatic rings. The number of anilines is 1. The summed E-state index contributed by atoms with van der Waals surface area (Å²) in [4.78, 5) is 27.4. The minimum atomic E-state index is -0.478. The van der Waals surface area contributed by atoms with Crippen LogP contribution in [0.1, 0.15) is 35.2 Å². The van der Waals surface area contributed by atoms with Gasteiger partial charge in [-0.15, -0.1) is 0 Å². The van der Waals surface area contributed by atoms with Crippen molar-refractivity contribution >= 4 is 17.5 Å². The van der Waals surface area contributed by atoms with Crippen molar-refractivity contribution in [2.75, 3.05) is 18.9 Å². The van der Waals surface area contributed by atoms with E-state index in [1.807, 2.05) is 99.6 Å². The molecule has 0 unspecified atom stereocenters. The van der Waals surface area contributed by atoms with Crippen molar-refractivity contribution in [2.24, 2.45) is 0 Å². The number of carbonyl (C=O) groups is 2. The quantitative estimate of drug-likeness (QED) is 0.555. The van der Waals surface area contributed by atoms with Crippen LogP contribution in [0.25, 0.3) is 0 Å². The topological polar surface area (TPSA) is 61.4 Å². The second kappa shape index (κ2) is 10.7. The predicted molar refractivity (Wildman–Crippen MR) is 130 cm³/mol. The molecule has 0 fully saturated rings. The minimum Gasteiger partial charge on any atom is -0.344 e. The SMILES string of the molecule is Cc1cccc(NC(=O)CN(C)[C@H](C)C(=O)NC(c2ccccc2)c2ccccc2)c1C. The Morgan fingerprint density at radius 1 is 0.844 bits per heavy atom. The zero-order valence-electron chi connectivity index (χ0n) is 19.1. The van der Waals surface area contributed by atoms with Gasteiger partial charge < -0.3 is 10.6 Å². The van der Waals surface area contributed by atoms with Gasteiger partial charge in [0.2, 0.25) is 11.8 Å². The van der Waals surface area contributed by atoms with Crippen LogP contribution in [0.4, 0.5) is 5.69 Å². The summed E-state index contributed by atoms with van der Waals surface area (Å²) < 4.78 is 0. The highest BCUT2D eigenvalue weighted by Gasteiger charge is 2.24. The molecule has 3 aromatic carbocycles. The van der Waals surface area contributed by atoms with E-state index >= 15 is 0 Å². The van der Waals surface area contributed by atoms with E-state index in [-0.39, 0.29) is 24.4 Å². The molecular weight excluding hydrogens is 398 g/mol. The highest BCUT2D eigenvalue weighted by Crippen LogP contribution is 2.22. The first kappa shape index (κ1) is 23.2. The Balaban J connectivity index is 1.66. The molecule has 0 radical (unpaired) electrons. The Kier molecular flexibility index (Phi) is 7.79. The first-order chi connectivity index (χ1) is 15.4. The van der Waals surface area contributed by atoms with Gasteiger partial charge in [-0.05, 0) is 56.1 Å². The van der Waals surface area contributed by atoms with Crippen LogP contribution < -0.4 is 10.6 Å². The van der Waals surface area contributed by atoms with Crippen molar-refractivity contribution in [1.29, 1.82) is 0 Å². The van der Waals surface area contributed by atoms with Crippen LogP contribution in [-0.4, -0.2) is 36.3 Å². The number of rotatable bonds is 8. The van der Waals surface area contributed by atoms with Crippen molar-refractivity contribution in [3.05, 3.63) is 101 Å². The van der Waals surface area contributed by atoms with Crippen molar-refractivity contribution in [1.82, 2.24) is 10.2 Å². The van der Waals surface area contributed by atoms with Gasteiger partial charge in [-0.25, -0.2) is 0 Å². The Bertz CT molecular complexity index is 1010. The summed E-state index contributed by atoms with van der Waals surface area (Å²) in [7, 11) is 1.78. The number of likely N-dealkylation sites (N-methyl/N-ethyl adjacent to an activating group) is 1. The second-order valence-electron chi connectivity index (χ2n) is 8.15. The highest BCUT2D eigenvalue weighted by atomic mass is 16.2. The molecule has 0 bridgehead atoms. The van der Waals surface area contributed by atoms with E-state index in [4.69, 9.17) is 0 Å². The number of aryl methyl sites for hydroxylation is 1. The zero-order chi connectivity index (χ0) is 23.1. The van der Waals surface area contributed by atoms with Crippen molar-refractivity contribution in [3.63, 3.8) is 0 Å². The van der Waals surface area contributed by atoms with Gasteiger partial charge in [0.15, 0.2) is 0 Å². The summed E-state index contributed by atoms with van der Waals surface area (Å²) in [6, 6.07) is 24.9. The molecule has 0 spiro atoms. The molecule has 0 heterocycles. The van der Waals surface area contributed by atoms with E-state index in [1.54, 1.807) is 11.9 Å². The summed E-state index contributed by atoms with van der Waals surface area (Å²) in [5.74, 6) is -0.284. The van der Waals surface area contributed by atoms with Crippen LogP contribution in [0, 0.1) is 13.8 Å². The molecule has 2 amide bonds. The Morgan fingerprint density at radius 2 is 1.41 bits per heavy atom. The van der Waals surface area contributed by atoms with Gasteiger partial charge in [0.1, 0.15) is 0 Å². The number of hydrogen-bond acceptors (Lipinski definition) is 3. The average Bonchev–Trinajstić information content (AvgIpc) is 2.81. The predicted octanol–water partition coefficient (Wildman–Crippen LogP) is 4.47. The van der Waals surface area contributed by atoms with Gasteiger partial charge in [-0.3, -0.25) is 14.5 Å². The van der Waals surface area contributed by atoms with Gasteiger partial charge in [0.05, 0.1) is 18.6 Å². The van der Waals surface area contributed by atoms with Crippen LogP contribution in [0.2, 0.25) is 0 Å². The van der Waals surface area contributed by atoms with E-state index in [0.717, 1.165) is 27.9 Å². The first-order valence-corrected chi connectivity index (χ1v) is 10.8. The van der Waals surface area contributed by atoms with E-state index in [1.165, 1.54) is 0 Å². The number of amides is 2. The van der Waals surface area contributed by atoms with E-state index < -0.39 is 6.04 Å². The molecule has 2 N–H and O–H groups in total. The molecule has 5 heteroatoms. The van der Waals surface area contributed by atoms with Crippen LogP contribution in [-0.2, 0) is 9.59 Å². The Labute approximate surface area is 190 Å². The smallest absolute Gasteiger partial charge is 0.238 e. The summed E-state index contributed by atoms with van der Waals surface area (Å²) >= 11 is 0. The lowest BCUT2D eigenvalue weighted by molar-refractivity contribution is -0.127. The maximum absolute atomic E-state index is 13.1. The van der Waals surface area contributed by atoms with Crippen LogP contribution in [0.5, 0.6) is 0 Å². The number of hydrogen-bond donors (Lipinski definition) is 2. The normalized spacial score (nSPS) is 11.9. The van der Waals surface area contributed by atoms with Gasteiger partial charge in [-0.1, -0.05) is 72.8 Å². The average molecular weight is 430 g/mol. The maximum Gasteiger partial charge on any atom is 0.238 e. The third-order valence-corrected chi connectivity index (χ3v) is 5.86. The lowest BCUT2D eigenvalue weighted by Crippen LogP contribution is -2.47. The highest BCUT2D eigenvalue weighted by molar-refractivity contribution is 5.93. The third kappa shape index (κ3) is 5.83. The number of carbonyl (C=O) groups excluding carboxylic acids is 2.